The summed E-state index contributed by atoms with van der Waals surface area (Å²) < 4.78 is 0. The van der Waals surface area contributed by atoms with Gasteiger partial charge in [0.25, 0.3) is 0 Å². The number of hydrogen-bond acceptors (Lipinski definition) is 3. The van der Waals surface area contributed by atoms with Crippen LogP contribution in [0.2, 0.25) is 5.02 Å². The zero-order valence-corrected chi connectivity index (χ0v) is 13.0. The Morgan fingerprint density at radius 2 is 2.19 bits per heavy atom. The van der Waals surface area contributed by atoms with Crippen molar-refractivity contribution in [3.05, 3.63) is 34.9 Å². The molecular weight excluding hydrogens is 288 g/mol. The van der Waals surface area contributed by atoms with Crippen LogP contribution in [0.3, 0.4) is 0 Å². The Kier molecular flexibility index (Phi) is 3.95. The van der Waals surface area contributed by atoms with Crippen molar-refractivity contribution in [3.63, 3.8) is 0 Å². The number of likely N-dealkylation sites (tertiary alicyclic amines) is 1. The molecule has 1 amide bonds. The van der Waals surface area contributed by atoms with Crippen LogP contribution in [0, 0.1) is 5.92 Å². The maximum atomic E-state index is 12.2. The zero-order valence-electron chi connectivity index (χ0n) is 12.3. The maximum absolute atomic E-state index is 12.2. The van der Waals surface area contributed by atoms with Gasteiger partial charge in [-0.1, -0.05) is 23.7 Å². The summed E-state index contributed by atoms with van der Waals surface area (Å²) in [6.07, 6.45) is 2.26. The van der Waals surface area contributed by atoms with Gasteiger partial charge in [-0.3, -0.25) is 9.69 Å². The first-order chi connectivity index (χ1) is 9.96. The van der Waals surface area contributed by atoms with Gasteiger partial charge in [-0.2, -0.15) is 0 Å². The third-order valence-electron chi connectivity index (χ3n) is 4.43. The van der Waals surface area contributed by atoms with Crippen LogP contribution in [0.15, 0.2) is 24.3 Å². The molecule has 0 bridgehead atoms. The summed E-state index contributed by atoms with van der Waals surface area (Å²) in [6, 6.07) is 7.55. The van der Waals surface area contributed by atoms with Crippen molar-refractivity contribution in [2.45, 2.75) is 25.0 Å². The normalized spacial score (nSPS) is 20.9. The van der Waals surface area contributed by atoms with Crippen LogP contribution in [0.4, 0.5) is 0 Å². The molecule has 21 heavy (non-hydrogen) atoms. The van der Waals surface area contributed by atoms with E-state index in [1.807, 2.05) is 29.2 Å². The molecule has 3 rings (SSSR count). The third-order valence-corrected chi connectivity index (χ3v) is 4.66. The summed E-state index contributed by atoms with van der Waals surface area (Å²) >= 11 is 5.95. The summed E-state index contributed by atoms with van der Waals surface area (Å²) in [5.41, 5.74) is 0.502. The minimum absolute atomic E-state index is 0.0767. The predicted octanol–water partition coefficient (Wildman–Crippen LogP) is 1.76. The molecule has 1 aliphatic carbocycles. The number of carbonyl (C=O) groups is 1. The fourth-order valence-electron chi connectivity index (χ4n) is 3.03. The van der Waals surface area contributed by atoms with Crippen LogP contribution in [-0.4, -0.2) is 53.1 Å². The molecule has 0 unspecified atom stereocenters. The number of benzene rings is 1. The van der Waals surface area contributed by atoms with E-state index in [9.17, 15) is 9.90 Å². The van der Waals surface area contributed by atoms with Crippen LogP contribution < -0.4 is 0 Å². The first-order valence-electron chi connectivity index (χ1n) is 7.39. The van der Waals surface area contributed by atoms with E-state index >= 15 is 0 Å². The Hall–Kier alpha value is -1.10. The number of aliphatic hydroxyl groups is 1. The van der Waals surface area contributed by atoms with Crippen LogP contribution >= 0.6 is 11.6 Å². The summed E-state index contributed by atoms with van der Waals surface area (Å²) in [4.78, 5) is 15.9. The van der Waals surface area contributed by atoms with Crippen LogP contribution in [0.1, 0.15) is 18.4 Å². The number of β-amino-alcohol motifs (C(OH)–C–C–N with tert-alkyl or cyclic N) is 1. The Balaban J connectivity index is 1.47. The van der Waals surface area contributed by atoms with Crippen LogP contribution in [0.25, 0.3) is 0 Å². The number of rotatable bonds is 5. The minimum Gasteiger partial charge on any atom is -0.387 e. The maximum Gasteiger partial charge on any atom is 0.236 e. The zero-order chi connectivity index (χ0) is 15.0. The SMILES string of the molecule is CN(Cc1cccc(Cl)c1)C(=O)CN1CC(O)(C2CC2)C1. The lowest BCUT2D eigenvalue weighted by molar-refractivity contribution is -0.144. The van der Waals surface area contributed by atoms with Crippen molar-refractivity contribution in [3.8, 4) is 0 Å². The lowest BCUT2D eigenvalue weighted by Gasteiger charge is -2.47. The van der Waals surface area contributed by atoms with Crippen molar-refractivity contribution in [1.82, 2.24) is 9.80 Å². The van der Waals surface area contributed by atoms with E-state index in [4.69, 9.17) is 11.6 Å². The summed E-state index contributed by atoms with van der Waals surface area (Å²) in [5.74, 6) is 0.542. The van der Waals surface area contributed by atoms with Gasteiger partial charge in [0.05, 0.1) is 12.1 Å². The van der Waals surface area contributed by atoms with E-state index in [1.165, 1.54) is 0 Å². The van der Waals surface area contributed by atoms with Gasteiger partial charge >= 0.3 is 0 Å². The van der Waals surface area contributed by atoms with E-state index in [-0.39, 0.29) is 5.91 Å². The fraction of sp³-hybridized carbons (Fsp3) is 0.562. The first-order valence-corrected chi connectivity index (χ1v) is 7.77. The average molecular weight is 309 g/mol. The molecular formula is C16H21ClN2O2. The Morgan fingerprint density at radius 1 is 1.48 bits per heavy atom. The molecule has 114 valence electrons. The number of carbonyl (C=O) groups excluding carboxylic acids is 1. The molecule has 1 aliphatic heterocycles. The van der Waals surface area contributed by atoms with Crippen LogP contribution in [0.5, 0.6) is 0 Å². The second-order valence-electron chi connectivity index (χ2n) is 6.40. The largest absolute Gasteiger partial charge is 0.387 e. The summed E-state index contributed by atoms with van der Waals surface area (Å²) in [5, 5.41) is 10.9. The number of halogens is 1. The average Bonchev–Trinajstić information content (AvgIpc) is 3.21. The van der Waals surface area contributed by atoms with Gasteiger partial charge in [0.15, 0.2) is 0 Å². The molecule has 0 atom stereocenters. The topological polar surface area (TPSA) is 43.8 Å². The first kappa shape index (κ1) is 14.8. The van der Waals surface area contributed by atoms with Gasteiger partial charge in [0, 0.05) is 31.7 Å². The highest BCUT2D eigenvalue weighted by Crippen LogP contribution is 2.44. The number of nitrogens with zero attached hydrogens (tertiary/aromatic N) is 2. The third kappa shape index (κ3) is 3.39. The van der Waals surface area contributed by atoms with Gasteiger partial charge in [-0.05, 0) is 36.5 Å². The highest BCUT2D eigenvalue weighted by Gasteiger charge is 2.52. The predicted molar refractivity (Wildman–Crippen MR) is 82.0 cm³/mol. The van der Waals surface area contributed by atoms with Crippen molar-refractivity contribution in [2.75, 3.05) is 26.7 Å². The van der Waals surface area contributed by atoms with E-state index in [0.717, 1.165) is 18.4 Å². The van der Waals surface area contributed by atoms with Gasteiger partial charge in [-0.15, -0.1) is 0 Å². The summed E-state index contributed by atoms with van der Waals surface area (Å²) in [7, 11) is 1.80. The van der Waals surface area contributed by atoms with Crippen molar-refractivity contribution in [2.24, 2.45) is 5.92 Å². The standard InChI is InChI=1S/C16H21ClN2O2/c1-18(8-12-3-2-4-14(17)7-12)15(20)9-19-10-16(21,11-19)13-5-6-13/h2-4,7,13,21H,5-6,8-11H2,1H3. The highest BCUT2D eigenvalue weighted by molar-refractivity contribution is 6.30. The Labute approximate surface area is 130 Å². The quantitative estimate of drug-likeness (QED) is 0.901. The smallest absolute Gasteiger partial charge is 0.236 e. The molecule has 0 radical (unpaired) electrons. The summed E-state index contributed by atoms with van der Waals surface area (Å²) in [6.45, 7) is 2.20. The molecule has 2 aliphatic rings. The number of likely N-dealkylation sites (N-methyl/N-ethyl adjacent to an activating group) is 1. The molecule has 1 saturated carbocycles. The van der Waals surface area contributed by atoms with Crippen molar-refractivity contribution >= 4 is 17.5 Å². The lowest BCUT2D eigenvalue weighted by atomic mass is 9.89. The molecule has 1 aromatic rings. The molecule has 1 N–H and O–H groups in total. The Bertz CT molecular complexity index is 539. The van der Waals surface area contributed by atoms with Gasteiger partial charge < -0.3 is 10.0 Å². The second-order valence-corrected chi connectivity index (χ2v) is 6.84. The van der Waals surface area contributed by atoms with E-state index in [0.29, 0.717) is 37.1 Å². The van der Waals surface area contributed by atoms with Crippen molar-refractivity contribution < 1.29 is 9.90 Å². The van der Waals surface area contributed by atoms with Gasteiger partial charge in [0.1, 0.15) is 0 Å². The molecule has 0 aromatic heterocycles. The highest BCUT2D eigenvalue weighted by atomic mass is 35.5. The van der Waals surface area contributed by atoms with E-state index < -0.39 is 5.60 Å². The fourth-order valence-corrected chi connectivity index (χ4v) is 3.24. The van der Waals surface area contributed by atoms with Crippen LogP contribution in [-0.2, 0) is 11.3 Å². The van der Waals surface area contributed by atoms with E-state index in [1.54, 1.807) is 11.9 Å². The minimum atomic E-state index is -0.522. The lowest BCUT2D eigenvalue weighted by Crippen LogP contribution is -2.64. The molecule has 4 nitrogen and oxygen atoms in total. The van der Waals surface area contributed by atoms with Gasteiger partial charge in [0.2, 0.25) is 5.91 Å². The molecule has 2 fully saturated rings. The Morgan fingerprint density at radius 3 is 2.81 bits per heavy atom. The van der Waals surface area contributed by atoms with E-state index in [2.05, 4.69) is 0 Å². The molecule has 0 spiro atoms. The monoisotopic (exact) mass is 308 g/mol. The molecule has 1 heterocycles. The number of amides is 1. The molecule has 5 heteroatoms. The molecule has 1 aromatic carbocycles. The molecule has 1 saturated heterocycles. The van der Waals surface area contributed by atoms with Gasteiger partial charge in [-0.25, -0.2) is 0 Å². The second kappa shape index (κ2) is 5.59. The van der Waals surface area contributed by atoms with Crippen molar-refractivity contribution in [1.29, 1.82) is 0 Å². The number of hydrogen-bond donors (Lipinski definition) is 1.